The number of nitrogens with one attached hydrogen (secondary N) is 1. The Labute approximate surface area is 109 Å². The molecule has 0 saturated heterocycles. The molecule has 0 amide bonds. The zero-order valence-corrected chi connectivity index (χ0v) is 10.3. The second kappa shape index (κ2) is 4.20. The Bertz CT molecular complexity index is 760. The van der Waals surface area contributed by atoms with E-state index in [9.17, 15) is 10.1 Å². The van der Waals surface area contributed by atoms with Crippen LogP contribution in [0.15, 0.2) is 42.5 Å². The van der Waals surface area contributed by atoms with Crippen molar-refractivity contribution in [2.45, 2.75) is 6.92 Å². The number of aromatic amines is 1. The topological polar surface area (TPSA) is 71.8 Å². The summed E-state index contributed by atoms with van der Waals surface area (Å²) in [6.45, 7) is 2.01. The molecule has 1 heterocycles. The smallest absolute Gasteiger partial charge is 0.269 e. The summed E-state index contributed by atoms with van der Waals surface area (Å²) in [5, 5.41) is 10.6. The highest BCUT2D eigenvalue weighted by Gasteiger charge is 2.09. The molecule has 5 nitrogen and oxygen atoms in total. The molecule has 3 aromatic rings. The summed E-state index contributed by atoms with van der Waals surface area (Å²) < 4.78 is 0. The Morgan fingerprint density at radius 3 is 2.53 bits per heavy atom. The van der Waals surface area contributed by atoms with Gasteiger partial charge in [0.05, 0.1) is 16.0 Å². The first-order valence-electron chi connectivity index (χ1n) is 5.85. The number of fused-ring (bicyclic) bond motifs is 1. The fourth-order valence-electron chi connectivity index (χ4n) is 2.05. The average Bonchev–Trinajstić information content (AvgIpc) is 2.84. The molecule has 0 aliphatic heterocycles. The number of nitrogens with zero attached hydrogens (tertiary/aromatic N) is 2. The van der Waals surface area contributed by atoms with Crippen LogP contribution in [-0.4, -0.2) is 14.9 Å². The molecule has 0 radical (unpaired) electrons. The third kappa shape index (κ3) is 1.95. The lowest BCUT2D eigenvalue weighted by molar-refractivity contribution is -0.384. The lowest BCUT2D eigenvalue weighted by atomic mass is 10.2. The van der Waals surface area contributed by atoms with Crippen molar-refractivity contribution in [2.75, 3.05) is 0 Å². The molecule has 19 heavy (non-hydrogen) atoms. The van der Waals surface area contributed by atoms with Gasteiger partial charge in [-0.15, -0.1) is 0 Å². The Hall–Kier alpha value is -2.69. The van der Waals surface area contributed by atoms with E-state index in [4.69, 9.17) is 0 Å². The van der Waals surface area contributed by atoms with Crippen LogP contribution in [0.2, 0.25) is 0 Å². The summed E-state index contributed by atoms with van der Waals surface area (Å²) in [5.74, 6) is 0.721. The highest BCUT2D eigenvalue weighted by atomic mass is 16.6. The van der Waals surface area contributed by atoms with Crippen LogP contribution in [0.5, 0.6) is 0 Å². The van der Waals surface area contributed by atoms with Gasteiger partial charge in [-0.25, -0.2) is 4.98 Å². The van der Waals surface area contributed by atoms with Crippen molar-refractivity contribution in [2.24, 2.45) is 0 Å². The predicted octanol–water partition coefficient (Wildman–Crippen LogP) is 3.45. The number of hydrogen-bond donors (Lipinski definition) is 1. The molecule has 0 unspecified atom stereocenters. The molecular weight excluding hydrogens is 242 g/mol. The molecule has 0 atom stereocenters. The fourth-order valence-corrected chi connectivity index (χ4v) is 2.05. The minimum atomic E-state index is -0.410. The highest BCUT2D eigenvalue weighted by Crippen LogP contribution is 2.24. The molecule has 2 aromatic carbocycles. The second-order valence-corrected chi connectivity index (χ2v) is 4.36. The van der Waals surface area contributed by atoms with Crippen molar-refractivity contribution in [3.8, 4) is 11.4 Å². The molecule has 0 aliphatic rings. The normalized spacial score (nSPS) is 10.8. The second-order valence-electron chi connectivity index (χ2n) is 4.36. The number of aryl methyl sites for hydroxylation is 1. The van der Waals surface area contributed by atoms with Gasteiger partial charge in [-0.3, -0.25) is 10.1 Å². The monoisotopic (exact) mass is 253 g/mol. The lowest BCUT2D eigenvalue weighted by Crippen LogP contribution is -1.87. The van der Waals surface area contributed by atoms with E-state index in [1.165, 1.54) is 12.1 Å². The van der Waals surface area contributed by atoms with Crippen LogP contribution >= 0.6 is 0 Å². The largest absolute Gasteiger partial charge is 0.338 e. The molecule has 0 bridgehead atoms. The third-order valence-corrected chi connectivity index (χ3v) is 3.08. The predicted molar refractivity (Wildman–Crippen MR) is 72.9 cm³/mol. The Morgan fingerprint density at radius 1 is 1.16 bits per heavy atom. The molecule has 3 rings (SSSR count). The van der Waals surface area contributed by atoms with Crippen LogP contribution in [0.25, 0.3) is 22.4 Å². The number of hydrogen-bond acceptors (Lipinski definition) is 3. The van der Waals surface area contributed by atoms with Crippen LogP contribution in [-0.2, 0) is 0 Å². The molecule has 0 spiro atoms. The summed E-state index contributed by atoms with van der Waals surface area (Å²) in [4.78, 5) is 17.9. The van der Waals surface area contributed by atoms with Gasteiger partial charge in [0.1, 0.15) is 5.82 Å². The van der Waals surface area contributed by atoms with Crippen molar-refractivity contribution in [1.29, 1.82) is 0 Å². The number of benzene rings is 2. The van der Waals surface area contributed by atoms with Gasteiger partial charge in [-0.05, 0) is 30.7 Å². The molecular formula is C14H11N3O2. The fraction of sp³-hybridized carbons (Fsp3) is 0.0714. The minimum absolute atomic E-state index is 0.0797. The van der Waals surface area contributed by atoms with Gasteiger partial charge in [0.2, 0.25) is 0 Å². The van der Waals surface area contributed by atoms with E-state index in [-0.39, 0.29) is 5.69 Å². The molecule has 5 heteroatoms. The molecule has 94 valence electrons. The Morgan fingerprint density at radius 2 is 1.89 bits per heavy atom. The van der Waals surface area contributed by atoms with E-state index in [1.54, 1.807) is 12.1 Å². The van der Waals surface area contributed by atoms with Crippen molar-refractivity contribution in [1.82, 2.24) is 9.97 Å². The average molecular weight is 253 g/mol. The van der Waals surface area contributed by atoms with E-state index in [2.05, 4.69) is 9.97 Å². The van der Waals surface area contributed by atoms with Crippen molar-refractivity contribution < 1.29 is 4.92 Å². The van der Waals surface area contributed by atoms with Crippen LogP contribution in [0, 0.1) is 17.0 Å². The molecule has 1 N–H and O–H groups in total. The van der Waals surface area contributed by atoms with Crippen molar-refractivity contribution in [3.63, 3.8) is 0 Å². The first-order valence-corrected chi connectivity index (χ1v) is 5.85. The van der Waals surface area contributed by atoms with E-state index in [0.29, 0.717) is 0 Å². The summed E-state index contributed by atoms with van der Waals surface area (Å²) in [7, 11) is 0. The SMILES string of the molecule is Cc1cccc2nc(-c3ccc([N+](=O)[O-])cc3)[nH]c12. The lowest BCUT2D eigenvalue weighted by Gasteiger charge is -1.96. The number of nitro groups is 1. The van der Waals surface area contributed by atoms with Gasteiger partial charge in [0.25, 0.3) is 5.69 Å². The first-order chi connectivity index (χ1) is 9.15. The van der Waals surface area contributed by atoms with Gasteiger partial charge in [0.15, 0.2) is 0 Å². The molecule has 0 saturated carbocycles. The maximum atomic E-state index is 10.6. The number of nitro benzene ring substituents is 1. The number of rotatable bonds is 2. The van der Waals surface area contributed by atoms with Crippen LogP contribution < -0.4 is 0 Å². The summed E-state index contributed by atoms with van der Waals surface area (Å²) in [6.07, 6.45) is 0. The summed E-state index contributed by atoms with van der Waals surface area (Å²) in [6, 6.07) is 12.3. The molecule has 0 aliphatic carbocycles. The number of imidazole rings is 1. The summed E-state index contributed by atoms with van der Waals surface area (Å²) in [5.41, 5.74) is 3.93. The summed E-state index contributed by atoms with van der Waals surface area (Å²) >= 11 is 0. The van der Waals surface area contributed by atoms with Gasteiger partial charge in [0, 0.05) is 17.7 Å². The minimum Gasteiger partial charge on any atom is -0.338 e. The van der Waals surface area contributed by atoms with Crippen LogP contribution in [0.3, 0.4) is 0 Å². The Balaban J connectivity index is 2.09. The van der Waals surface area contributed by atoms with E-state index in [1.807, 2.05) is 25.1 Å². The zero-order valence-electron chi connectivity index (χ0n) is 10.3. The standard InChI is InChI=1S/C14H11N3O2/c1-9-3-2-4-12-13(9)16-14(15-12)10-5-7-11(8-6-10)17(18)19/h2-8H,1H3,(H,15,16). The number of H-pyrrole nitrogens is 1. The maximum absolute atomic E-state index is 10.6. The number of aromatic nitrogens is 2. The van der Waals surface area contributed by atoms with Crippen molar-refractivity contribution >= 4 is 16.7 Å². The van der Waals surface area contributed by atoms with Crippen LogP contribution in [0.1, 0.15) is 5.56 Å². The quantitative estimate of drug-likeness (QED) is 0.561. The van der Waals surface area contributed by atoms with Gasteiger partial charge >= 0.3 is 0 Å². The maximum Gasteiger partial charge on any atom is 0.269 e. The van der Waals surface area contributed by atoms with E-state index < -0.39 is 4.92 Å². The number of non-ortho nitro benzene ring substituents is 1. The van der Waals surface area contributed by atoms with Gasteiger partial charge in [-0.2, -0.15) is 0 Å². The van der Waals surface area contributed by atoms with Gasteiger partial charge < -0.3 is 4.98 Å². The van der Waals surface area contributed by atoms with Gasteiger partial charge in [-0.1, -0.05) is 12.1 Å². The van der Waals surface area contributed by atoms with Crippen molar-refractivity contribution in [3.05, 3.63) is 58.1 Å². The molecule has 0 fully saturated rings. The first kappa shape index (κ1) is 11.4. The highest BCUT2D eigenvalue weighted by molar-refractivity contribution is 5.82. The third-order valence-electron chi connectivity index (χ3n) is 3.08. The van der Waals surface area contributed by atoms with E-state index in [0.717, 1.165) is 28.0 Å². The Kier molecular flexibility index (Phi) is 2.52. The van der Waals surface area contributed by atoms with Crippen LogP contribution in [0.4, 0.5) is 5.69 Å². The zero-order chi connectivity index (χ0) is 13.4. The number of para-hydroxylation sites is 1. The van der Waals surface area contributed by atoms with E-state index >= 15 is 0 Å². The molecule has 1 aromatic heterocycles.